The standard InChI is InChI=1S/C18H20ClN3.C6H9NO2.2C2H6/c1-12-9-18(15-7-5-4-6-8-15)22-14(3)17(13(2)20)10-16(19)11-21-12;1-3-5(4(2)7)6(8)9;2*1-2/h4-11,13,21H,1,20H2,2-3H3;3,7H,1-2H3,(H,8,9);2*1-2H3/b16-11+,17-10-,18-9-,22-14+;5-3+,7-4?;;. The minimum absolute atomic E-state index is 0.0648. The predicted molar refractivity (Wildman–Crippen MR) is 153 cm³/mol. The van der Waals surface area contributed by atoms with Crippen molar-refractivity contribution in [3.63, 3.8) is 0 Å². The lowest BCUT2D eigenvalue weighted by molar-refractivity contribution is -0.132. The van der Waals surface area contributed by atoms with Crippen LogP contribution in [0.3, 0.4) is 0 Å². The molecule has 0 aliphatic carbocycles. The molecule has 1 aliphatic rings. The molecule has 35 heavy (non-hydrogen) atoms. The Morgan fingerprint density at radius 2 is 1.74 bits per heavy atom. The molecule has 1 aromatic rings. The van der Waals surface area contributed by atoms with E-state index in [1.807, 2.05) is 84.0 Å². The van der Waals surface area contributed by atoms with Crippen LogP contribution in [-0.4, -0.2) is 28.5 Å². The number of nitrogens with zero attached hydrogens (tertiary/aromatic N) is 1. The quantitative estimate of drug-likeness (QED) is 0.261. The summed E-state index contributed by atoms with van der Waals surface area (Å²) in [7, 11) is 0. The van der Waals surface area contributed by atoms with Gasteiger partial charge in [-0.15, -0.1) is 0 Å². The van der Waals surface area contributed by atoms with E-state index in [-0.39, 0.29) is 17.3 Å². The molecule has 5 N–H and O–H groups in total. The highest BCUT2D eigenvalue weighted by molar-refractivity contribution is 6.31. The molecular formula is C28H41ClN4O2. The molecule has 1 aromatic carbocycles. The van der Waals surface area contributed by atoms with Crippen LogP contribution < -0.4 is 11.1 Å². The van der Waals surface area contributed by atoms with Gasteiger partial charge in [-0.25, -0.2) is 4.79 Å². The zero-order chi connectivity index (χ0) is 27.6. The molecule has 0 radical (unpaired) electrons. The Hall–Kier alpha value is -3.22. The molecule has 0 saturated carbocycles. The zero-order valence-electron chi connectivity index (χ0n) is 22.2. The van der Waals surface area contributed by atoms with Crippen molar-refractivity contribution in [2.75, 3.05) is 0 Å². The molecule has 1 aliphatic heterocycles. The largest absolute Gasteiger partial charge is 0.478 e. The van der Waals surface area contributed by atoms with E-state index in [0.717, 1.165) is 22.5 Å². The number of nitrogens with one attached hydrogen (secondary N) is 2. The van der Waals surface area contributed by atoms with Crippen LogP contribution in [0.2, 0.25) is 0 Å². The van der Waals surface area contributed by atoms with Gasteiger partial charge in [0, 0.05) is 34.9 Å². The molecule has 1 heterocycles. The number of carboxylic acids is 1. The molecule has 0 spiro atoms. The Labute approximate surface area is 216 Å². The van der Waals surface area contributed by atoms with Crippen molar-refractivity contribution in [2.45, 2.75) is 61.4 Å². The molecule has 2 rings (SSSR count). The van der Waals surface area contributed by atoms with Crippen LogP contribution in [-0.2, 0) is 4.79 Å². The molecular weight excluding hydrogens is 460 g/mol. The number of rotatable bonds is 4. The van der Waals surface area contributed by atoms with E-state index in [1.54, 1.807) is 13.1 Å². The topological polar surface area (TPSA) is 112 Å². The SMILES string of the molecule is C/C=C(\C(C)=N)C(=O)O.C=C1\C=C(c2ccccc2)/N=C(C)/C(C(C)N)=C\C(Cl)=C/N1.CC.CC. The van der Waals surface area contributed by atoms with Crippen molar-refractivity contribution < 1.29 is 9.90 Å². The molecule has 0 fully saturated rings. The minimum atomic E-state index is -1.04. The monoisotopic (exact) mass is 500 g/mol. The van der Waals surface area contributed by atoms with Gasteiger partial charge in [0.25, 0.3) is 0 Å². The van der Waals surface area contributed by atoms with Gasteiger partial charge >= 0.3 is 5.97 Å². The maximum Gasteiger partial charge on any atom is 0.337 e. The first-order chi connectivity index (χ1) is 16.6. The maximum absolute atomic E-state index is 10.2. The Balaban J connectivity index is 0. The highest BCUT2D eigenvalue weighted by Crippen LogP contribution is 2.21. The molecule has 1 unspecified atom stereocenters. The van der Waals surface area contributed by atoms with Gasteiger partial charge in [0.05, 0.1) is 16.3 Å². The van der Waals surface area contributed by atoms with Crippen molar-refractivity contribution in [1.29, 1.82) is 5.41 Å². The van der Waals surface area contributed by atoms with Crippen molar-refractivity contribution >= 4 is 34.7 Å². The Kier molecular flexibility index (Phi) is 18.6. The second-order valence-corrected chi connectivity index (χ2v) is 7.25. The number of nitrogens with two attached hydrogens (primary N) is 1. The third-order valence-corrected chi connectivity index (χ3v) is 4.41. The number of benzene rings is 1. The van der Waals surface area contributed by atoms with Gasteiger partial charge in [0.1, 0.15) is 0 Å². The van der Waals surface area contributed by atoms with Gasteiger partial charge in [0.15, 0.2) is 0 Å². The maximum atomic E-state index is 10.2. The van der Waals surface area contributed by atoms with Crippen LogP contribution in [0.15, 0.2) is 88.2 Å². The third kappa shape index (κ3) is 13.3. The highest BCUT2D eigenvalue weighted by Gasteiger charge is 2.11. The number of aliphatic imine (C=N–C) groups is 1. The summed E-state index contributed by atoms with van der Waals surface area (Å²) in [4.78, 5) is 14.9. The van der Waals surface area contributed by atoms with Gasteiger partial charge in [-0.3, -0.25) is 4.99 Å². The normalized spacial score (nSPS) is 20.2. The van der Waals surface area contributed by atoms with Crippen molar-refractivity contribution in [3.8, 4) is 0 Å². The summed E-state index contributed by atoms with van der Waals surface area (Å²) >= 11 is 6.19. The van der Waals surface area contributed by atoms with E-state index in [9.17, 15) is 4.79 Å². The van der Waals surface area contributed by atoms with Gasteiger partial charge in [-0.1, -0.05) is 82.3 Å². The van der Waals surface area contributed by atoms with E-state index in [1.165, 1.54) is 13.0 Å². The lowest BCUT2D eigenvalue weighted by Gasteiger charge is -2.14. The van der Waals surface area contributed by atoms with Crippen LogP contribution >= 0.6 is 11.6 Å². The van der Waals surface area contributed by atoms with Crippen molar-refractivity contribution in [3.05, 3.63) is 88.8 Å². The second kappa shape index (κ2) is 19.1. The summed E-state index contributed by atoms with van der Waals surface area (Å²) < 4.78 is 0. The first-order valence-electron chi connectivity index (χ1n) is 11.6. The fourth-order valence-electron chi connectivity index (χ4n) is 2.66. The number of hydrogen-bond acceptors (Lipinski definition) is 5. The van der Waals surface area contributed by atoms with Crippen LogP contribution in [0, 0.1) is 5.41 Å². The van der Waals surface area contributed by atoms with Crippen LogP contribution in [0.5, 0.6) is 0 Å². The smallest absolute Gasteiger partial charge is 0.337 e. The average molecular weight is 501 g/mol. The zero-order valence-corrected chi connectivity index (χ0v) is 23.0. The molecule has 1 atom stereocenters. The van der Waals surface area contributed by atoms with E-state index >= 15 is 0 Å². The van der Waals surface area contributed by atoms with Crippen molar-refractivity contribution in [2.24, 2.45) is 10.7 Å². The third-order valence-electron chi connectivity index (χ3n) is 4.19. The molecule has 192 valence electrons. The Morgan fingerprint density at radius 3 is 2.14 bits per heavy atom. The predicted octanol–water partition coefficient (Wildman–Crippen LogP) is 7.07. The fraction of sp³-hybridized carbons (Fsp3) is 0.321. The minimum Gasteiger partial charge on any atom is -0.478 e. The van der Waals surface area contributed by atoms with E-state index in [2.05, 4.69) is 11.9 Å². The van der Waals surface area contributed by atoms with Crippen molar-refractivity contribution in [1.82, 2.24) is 5.32 Å². The number of carboxylic acid groups (broad SMARTS) is 1. The summed E-state index contributed by atoms with van der Waals surface area (Å²) in [5, 5.41) is 18.9. The summed E-state index contributed by atoms with van der Waals surface area (Å²) in [6.07, 6.45) is 6.83. The lowest BCUT2D eigenvalue weighted by Crippen LogP contribution is -2.23. The van der Waals surface area contributed by atoms with E-state index in [0.29, 0.717) is 10.7 Å². The highest BCUT2D eigenvalue weighted by atomic mass is 35.5. The van der Waals surface area contributed by atoms with Gasteiger partial charge in [-0.2, -0.15) is 0 Å². The van der Waals surface area contributed by atoms with Crippen LogP contribution in [0.4, 0.5) is 0 Å². The van der Waals surface area contributed by atoms with Crippen LogP contribution in [0.25, 0.3) is 5.70 Å². The van der Waals surface area contributed by atoms with Crippen LogP contribution in [0.1, 0.15) is 61.0 Å². The second-order valence-electron chi connectivity index (χ2n) is 6.81. The molecule has 6 nitrogen and oxygen atoms in total. The average Bonchev–Trinajstić information content (AvgIpc) is 2.83. The number of allylic oxidation sites excluding steroid dienone is 4. The molecule has 7 heteroatoms. The van der Waals surface area contributed by atoms with E-state index < -0.39 is 5.97 Å². The van der Waals surface area contributed by atoms with Gasteiger partial charge < -0.3 is 21.6 Å². The van der Waals surface area contributed by atoms with Gasteiger partial charge in [0.2, 0.25) is 0 Å². The molecule has 0 bridgehead atoms. The Bertz CT molecular complexity index is 969. The fourth-order valence-corrected chi connectivity index (χ4v) is 2.83. The lowest BCUT2D eigenvalue weighted by atomic mass is 10.0. The first-order valence-corrected chi connectivity index (χ1v) is 12.0. The summed E-state index contributed by atoms with van der Waals surface area (Å²) in [5.41, 5.74) is 10.5. The molecule has 0 aromatic heterocycles. The van der Waals surface area contributed by atoms with E-state index in [4.69, 9.17) is 32.8 Å². The summed E-state index contributed by atoms with van der Waals surface area (Å²) in [6, 6.07) is 9.80. The molecule has 0 amide bonds. The number of hydrogen-bond donors (Lipinski definition) is 4. The number of carbonyl (C=O) groups is 1. The number of aliphatic carboxylic acids is 1. The molecule has 0 saturated heterocycles. The number of halogens is 1. The first kappa shape index (κ1) is 34.0. The summed E-state index contributed by atoms with van der Waals surface area (Å²) in [6.45, 7) is 18.9. The van der Waals surface area contributed by atoms with Gasteiger partial charge in [-0.05, 0) is 45.4 Å². The summed E-state index contributed by atoms with van der Waals surface area (Å²) in [5.74, 6) is -1.04. The Morgan fingerprint density at radius 1 is 1.20 bits per heavy atom.